The van der Waals surface area contributed by atoms with Gasteiger partial charge in [-0.25, -0.2) is 0 Å². The normalized spacial score (nSPS) is 41.1. The van der Waals surface area contributed by atoms with Crippen LogP contribution in [0.5, 0.6) is 0 Å². The Hall–Kier alpha value is -0.0400. The van der Waals surface area contributed by atoms with Crippen molar-refractivity contribution in [1.82, 2.24) is 5.32 Å². The number of hydrogen-bond donors (Lipinski definition) is 1. The fourth-order valence-electron chi connectivity index (χ4n) is 4.71. The largest absolute Gasteiger partial charge is 0.316 e. The fraction of sp³-hybridized carbons (Fsp3) is 1.00. The van der Waals surface area contributed by atoms with E-state index in [1.54, 1.807) is 19.3 Å². The molecule has 1 nitrogen and oxygen atoms in total. The van der Waals surface area contributed by atoms with Crippen LogP contribution in [-0.4, -0.2) is 13.1 Å². The van der Waals surface area contributed by atoms with Gasteiger partial charge in [-0.15, -0.1) is 0 Å². The summed E-state index contributed by atoms with van der Waals surface area (Å²) in [7, 11) is 0. The summed E-state index contributed by atoms with van der Waals surface area (Å²) in [4.78, 5) is 0. The molecule has 2 unspecified atom stereocenters. The average molecular weight is 235 g/mol. The van der Waals surface area contributed by atoms with Crippen molar-refractivity contribution in [3.05, 3.63) is 0 Å². The number of nitrogens with one attached hydrogen (secondary N) is 1. The van der Waals surface area contributed by atoms with E-state index in [4.69, 9.17) is 0 Å². The third kappa shape index (κ3) is 2.41. The van der Waals surface area contributed by atoms with Gasteiger partial charge in [0, 0.05) is 6.54 Å². The Bertz CT molecular complexity index is 255. The molecule has 98 valence electrons. The van der Waals surface area contributed by atoms with Crippen LogP contribution in [0.2, 0.25) is 0 Å². The average Bonchev–Trinajstić information content (AvgIpc) is 2.74. The molecule has 0 heterocycles. The lowest BCUT2D eigenvalue weighted by molar-refractivity contribution is 0.142. The Kier molecular flexibility index (Phi) is 3.23. The summed E-state index contributed by atoms with van der Waals surface area (Å²) in [5.74, 6) is 4.13. The summed E-state index contributed by atoms with van der Waals surface area (Å²) < 4.78 is 0. The Morgan fingerprint density at radius 1 is 1.12 bits per heavy atom. The summed E-state index contributed by atoms with van der Waals surface area (Å²) >= 11 is 0. The van der Waals surface area contributed by atoms with Crippen LogP contribution in [0.25, 0.3) is 0 Å². The topological polar surface area (TPSA) is 12.0 Å². The molecule has 3 fully saturated rings. The minimum Gasteiger partial charge on any atom is -0.316 e. The predicted molar refractivity (Wildman–Crippen MR) is 72.9 cm³/mol. The SMILES string of the molecule is CC(C)CNCC1(C2CCCC2)CC2CC2C1. The molecule has 0 aliphatic heterocycles. The summed E-state index contributed by atoms with van der Waals surface area (Å²) in [5.41, 5.74) is 0.721. The van der Waals surface area contributed by atoms with Gasteiger partial charge in [0.2, 0.25) is 0 Å². The van der Waals surface area contributed by atoms with Crippen LogP contribution >= 0.6 is 0 Å². The van der Waals surface area contributed by atoms with Gasteiger partial charge in [0.05, 0.1) is 0 Å². The molecule has 3 saturated carbocycles. The molecule has 3 rings (SSSR count). The van der Waals surface area contributed by atoms with Crippen molar-refractivity contribution in [2.45, 2.75) is 58.8 Å². The van der Waals surface area contributed by atoms with Crippen molar-refractivity contribution in [2.24, 2.45) is 29.1 Å². The van der Waals surface area contributed by atoms with Crippen molar-refractivity contribution in [2.75, 3.05) is 13.1 Å². The van der Waals surface area contributed by atoms with Gasteiger partial charge in [0.1, 0.15) is 0 Å². The maximum atomic E-state index is 3.79. The maximum Gasteiger partial charge on any atom is 0.00108 e. The van der Waals surface area contributed by atoms with Gasteiger partial charge in [-0.3, -0.25) is 0 Å². The molecule has 0 bridgehead atoms. The Balaban J connectivity index is 1.60. The molecule has 0 aromatic carbocycles. The highest BCUT2D eigenvalue weighted by molar-refractivity contribution is 5.07. The third-order valence-corrected chi connectivity index (χ3v) is 5.66. The molecule has 0 aromatic heterocycles. The molecule has 0 amide bonds. The van der Waals surface area contributed by atoms with Gasteiger partial charge < -0.3 is 5.32 Å². The Morgan fingerprint density at radius 2 is 1.76 bits per heavy atom. The van der Waals surface area contributed by atoms with E-state index in [0.717, 1.165) is 29.1 Å². The van der Waals surface area contributed by atoms with Crippen molar-refractivity contribution in [3.8, 4) is 0 Å². The van der Waals surface area contributed by atoms with Gasteiger partial charge in [-0.1, -0.05) is 26.7 Å². The second-order valence-corrected chi connectivity index (χ2v) is 7.53. The number of hydrogen-bond acceptors (Lipinski definition) is 1. The Labute approximate surface area is 107 Å². The van der Waals surface area contributed by atoms with Crippen LogP contribution < -0.4 is 5.32 Å². The Morgan fingerprint density at radius 3 is 2.35 bits per heavy atom. The van der Waals surface area contributed by atoms with Crippen LogP contribution in [-0.2, 0) is 0 Å². The minimum atomic E-state index is 0.721. The van der Waals surface area contributed by atoms with Gasteiger partial charge in [-0.05, 0) is 67.7 Å². The van der Waals surface area contributed by atoms with E-state index < -0.39 is 0 Å². The molecule has 3 aliphatic rings. The fourth-order valence-corrected chi connectivity index (χ4v) is 4.71. The number of rotatable bonds is 5. The lowest BCUT2D eigenvalue weighted by Gasteiger charge is -2.38. The van der Waals surface area contributed by atoms with Crippen LogP contribution in [0, 0.1) is 29.1 Å². The van der Waals surface area contributed by atoms with Crippen molar-refractivity contribution >= 4 is 0 Å². The van der Waals surface area contributed by atoms with E-state index in [1.165, 1.54) is 38.8 Å². The highest BCUT2D eigenvalue weighted by atomic mass is 14.9. The molecule has 2 atom stereocenters. The molecule has 0 saturated heterocycles. The highest BCUT2D eigenvalue weighted by Gasteiger charge is 2.56. The zero-order valence-corrected chi connectivity index (χ0v) is 11.7. The van der Waals surface area contributed by atoms with E-state index in [9.17, 15) is 0 Å². The quantitative estimate of drug-likeness (QED) is 0.763. The summed E-state index contributed by atoms with van der Waals surface area (Å²) in [6.45, 7) is 7.18. The van der Waals surface area contributed by atoms with E-state index in [0.29, 0.717) is 0 Å². The number of fused-ring (bicyclic) bond motifs is 1. The molecule has 0 aromatic rings. The molecule has 3 aliphatic carbocycles. The zero-order chi connectivity index (χ0) is 11.9. The lowest BCUT2D eigenvalue weighted by atomic mass is 9.70. The monoisotopic (exact) mass is 235 g/mol. The third-order valence-electron chi connectivity index (χ3n) is 5.66. The summed E-state index contributed by atoms with van der Waals surface area (Å²) in [6, 6.07) is 0. The first-order chi connectivity index (χ1) is 8.20. The standard InChI is InChI=1S/C16H29N/c1-12(2)10-17-11-16(15-5-3-4-6-15)8-13-7-14(13)9-16/h12-15,17H,3-11H2,1-2H3. The van der Waals surface area contributed by atoms with Gasteiger partial charge in [0.25, 0.3) is 0 Å². The van der Waals surface area contributed by atoms with Gasteiger partial charge in [0.15, 0.2) is 0 Å². The summed E-state index contributed by atoms with van der Waals surface area (Å²) in [6.07, 6.45) is 10.8. The second-order valence-electron chi connectivity index (χ2n) is 7.53. The van der Waals surface area contributed by atoms with Crippen molar-refractivity contribution in [3.63, 3.8) is 0 Å². The molecule has 0 spiro atoms. The maximum absolute atomic E-state index is 3.79. The summed E-state index contributed by atoms with van der Waals surface area (Å²) in [5, 5.41) is 3.79. The smallest absolute Gasteiger partial charge is 0.00108 e. The molecule has 0 radical (unpaired) electrons. The van der Waals surface area contributed by atoms with Crippen LogP contribution in [0.1, 0.15) is 58.8 Å². The lowest BCUT2D eigenvalue weighted by Crippen LogP contribution is -2.39. The first-order valence-corrected chi connectivity index (χ1v) is 7.90. The highest BCUT2D eigenvalue weighted by Crippen LogP contribution is 2.64. The van der Waals surface area contributed by atoms with E-state index >= 15 is 0 Å². The predicted octanol–water partition coefficient (Wildman–Crippen LogP) is 3.84. The molecule has 1 heteroatoms. The first kappa shape index (κ1) is 12.0. The molecule has 1 N–H and O–H groups in total. The van der Waals surface area contributed by atoms with Crippen molar-refractivity contribution in [1.29, 1.82) is 0 Å². The van der Waals surface area contributed by atoms with E-state index in [-0.39, 0.29) is 0 Å². The van der Waals surface area contributed by atoms with Crippen molar-refractivity contribution < 1.29 is 0 Å². The molecular formula is C16H29N. The van der Waals surface area contributed by atoms with Gasteiger partial charge >= 0.3 is 0 Å². The molecular weight excluding hydrogens is 206 g/mol. The second kappa shape index (κ2) is 4.57. The first-order valence-electron chi connectivity index (χ1n) is 7.90. The zero-order valence-electron chi connectivity index (χ0n) is 11.7. The minimum absolute atomic E-state index is 0.721. The van der Waals surface area contributed by atoms with Crippen LogP contribution in [0.4, 0.5) is 0 Å². The molecule has 17 heavy (non-hydrogen) atoms. The van der Waals surface area contributed by atoms with Crippen LogP contribution in [0.15, 0.2) is 0 Å². The van der Waals surface area contributed by atoms with E-state index in [1.807, 2.05) is 0 Å². The van der Waals surface area contributed by atoms with Gasteiger partial charge in [-0.2, -0.15) is 0 Å². The van der Waals surface area contributed by atoms with Crippen LogP contribution in [0.3, 0.4) is 0 Å². The van der Waals surface area contributed by atoms with E-state index in [2.05, 4.69) is 19.2 Å².